The summed E-state index contributed by atoms with van der Waals surface area (Å²) >= 11 is 5.74. The lowest BCUT2D eigenvalue weighted by Gasteiger charge is -2.35. The van der Waals surface area contributed by atoms with Gasteiger partial charge in [-0.15, -0.1) is 0 Å². The lowest BCUT2D eigenvalue weighted by molar-refractivity contribution is 0.0595. The molecule has 0 atom stereocenters. The summed E-state index contributed by atoms with van der Waals surface area (Å²) in [4.78, 5) is 17.9. The smallest absolute Gasteiger partial charge is 0.272 e. The second-order valence-corrected chi connectivity index (χ2v) is 8.32. The summed E-state index contributed by atoms with van der Waals surface area (Å²) < 4.78 is 22.6. The van der Waals surface area contributed by atoms with E-state index in [2.05, 4.69) is 4.98 Å². The highest BCUT2D eigenvalue weighted by atomic mass is 35.5. The minimum Gasteiger partial charge on any atom is -0.331 e. The van der Waals surface area contributed by atoms with Crippen LogP contribution in [-0.2, 0) is 9.84 Å². The number of hydrogen-bond acceptors (Lipinski definition) is 4. The van der Waals surface area contributed by atoms with E-state index in [1.807, 2.05) is 20.8 Å². The lowest BCUT2D eigenvalue weighted by Crippen LogP contribution is -2.48. The van der Waals surface area contributed by atoms with Gasteiger partial charge in [0.25, 0.3) is 5.91 Å². The Bertz CT molecular complexity index is 577. The van der Waals surface area contributed by atoms with Crippen molar-refractivity contribution < 1.29 is 13.2 Å². The molecule has 0 spiro atoms. The van der Waals surface area contributed by atoms with Crippen molar-refractivity contribution in [2.75, 3.05) is 18.6 Å². The largest absolute Gasteiger partial charge is 0.331 e. The first-order chi connectivity index (χ1) is 9.00. The van der Waals surface area contributed by atoms with Crippen LogP contribution in [0.4, 0.5) is 0 Å². The van der Waals surface area contributed by atoms with Crippen LogP contribution in [0.1, 0.15) is 31.3 Å². The molecule has 0 fully saturated rings. The zero-order valence-corrected chi connectivity index (χ0v) is 13.6. The van der Waals surface area contributed by atoms with Crippen LogP contribution < -0.4 is 0 Å². The maximum absolute atomic E-state index is 12.4. The summed E-state index contributed by atoms with van der Waals surface area (Å²) in [5.74, 6) is -0.387. The molecule has 0 bridgehead atoms. The molecule has 1 heterocycles. The van der Waals surface area contributed by atoms with Gasteiger partial charge in [0.05, 0.1) is 10.8 Å². The van der Waals surface area contributed by atoms with Crippen molar-refractivity contribution in [3.05, 3.63) is 29.0 Å². The van der Waals surface area contributed by atoms with Gasteiger partial charge in [0.1, 0.15) is 15.5 Å². The lowest BCUT2D eigenvalue weighted by atomic mass is 10.1. The van der Waals surface area contributed by atoms with E-state index < -0.39 is 15.4 Å². The molecule has 0 radical (unpaired) electrons. The number of hydrogen-bond donors (Lipinski definition) is 0. The van der Waals surface area contributed by atoms with Gasteiger partial charge in [-0.05, 0) is 32.9 Å². The first-order valence-corrected chi connectivity index (χ1v) is 8.56. The first-order valence-electron chi connectivity index (χ1n) is 6.12. The third kappa shape index (κ3) is 5.09. The Morgan fingerprint density at radius 2 is 1.95 bits per heavy atom. The molecule has 1 aromatic heterocycles. The maximum atomic E-state index is 12.4. The summed E-state index contributed by atoms with van der Waals surface area (Å²) in [6.45, 7) is 5.68. The van der Waals surface area contributed by atoms with E-state index in [1.165, 1.54) is 17.2 Å². The van der Waals surface area contributed by atoms with Gasteiger partial charge in [-0.1, -0.05) is 11.6 Å². The molecular formula is C13H19ClN2O3S. The highest BCUT2D eigenvalue weighted by molar-refractivity contribution is 7.90. The molecule has 0 N–H and O–H groups in total. The predicted octanol–water partition coefficient (Wildman–Crippen LogP) is 2.02. The van der Waals surface area contributed by atoms with E-state index in [9.17, 15) is 13.2 Å². The molecule has 1 aromatic rings. The molecule has 0 unspecified atom stereocenters. The van der Waals surface area contributed by atoms with Gasteiger partial charge in [0.15, 0.2) is 0 Å². The first kappa shape index (κ1) is 16.9. The fourth-order valence-electron chi connectivity index (χ4n) is 1.64. The van der Waals surface area contributed by atoms with E-state index in [4.69, 9.17) is 11.6 Å². The number of amides is 1. The summed E-state index contributed by atoms with van der Waals surface area (Å²) in [7, 11) is -3.14. The molecule has 0 aliphatic carbocycles. The van der Waals surface area contributed by atoms with Gasteiger partial charge in [0, 0.05) is 24.5 Å². The molecule has 0 aliphatic rings. The number of nitrogens with zero attached hydrogens (tertiary/aromatic N) is 2. The summed E-state index contributed by atoms with van der Waals surface area (Å²) in [5, 5.41) is 0.444. The Hall–Kier alpha value is -1.14. The maximum Gasteiger partial charge on any atom is 0.272 e. The molecule has 5 nitrogen and oxygen atoms in total. The zero-order valence-electron chi connectivity index (χ0n) is 12.1. The van der Waals surface area contributed by atoms with Crippen molar-refractivity contribution in [2.45, 2.75) is 26.3 Å². The molecule has 0 aliphatic heterocycles. The van der Waals surface area contributed by atoms with Crippen LogP contribution in [0.15, 0.2) is 18.3 Å². The average molecular weight is 319 g/mol. The average Bonchev–Trinajstić information content (AvgIpc) is 2.26. The van der Waals surface area contributed by atoms with Gasteiger partial charge in [-0.3, -0.25) is 4.79 Å². The van der Waals surface area contributed by atoms with Gasteiger partial charge in [-0.2, -0.15) is 0 Å². The Labute approximate surface area is 124 Å². The van der Waals surface area contributed by atoms with Crippen LogP contribution >= 0.6 is 11.6 Å². The molecular weight excluding hydrogens is 300 g/mol. The second kappa shape index (κ2) is 6.10. The van der Waals surface area contributed by atoms with E-state index in [1.54, 1.807) is 6.07 Å². The number of halogens is 1. The van der Waals surface area contributed by atoms with Crippen LogP contribution in [0.5, 0.6) is 0 Å². The number of sulfone groups is 1. The molecule has 7 heteroatoms. The van der Waals surface area contributed by atoms with Crippen molar-refractivity contribution in [1.82, 2.24) is 9.88 Å². The van der Waals surface area contributed by atoms with Crippen LogP contribution in [0.25, 0.3) is 0 Å². The molecule has 1 rings (SSSR count). The number of carbonyl (C=O) groups is 1. The van der Waals surface area contributed by atoms with E-state index >= 15 is 0 Å². The number of aromatic nitrogens is 1. The van der Waals surface area contributed by atoms with Crippen molar-refractivity contribution in [2.24, 2.45) is 0 Å². The molecule has 0 saturated carbocycles. The van der Waals surface area contributed by atoms with Crippen LogP contribution in [0.3, 0.4) is 0 Å². The Balaban J connectivity index is 2.99. The Morgan fingerprint density at radius 1 is 1.35 bits per heavy atom. The third-order valence-corrected chi connectivity index (χ3v) is 3.83. The van der Waals surface area contributed by atoms with Crippen molar-refractivity contribution in [3.8, 4) is 0 Å². The van der Waals surface area contributed by atoms with Gasteiger partial charge >= 0.3 is 0 Å². The molecule has 0 aromatic carbocycles. The Kier molecular flexibility index (Phi) is 5.15. The molecule has 1 amide bonds. The quantitative estimate of drug-likeness (QED) is 0.851. The SMILES string of the molecule is CC(C)(C)N(CCS(C)(=O)=O)C(=O)c1ccc(Cl)cn1. The second-order valence-electron chi connectivity index (χ2n) is 5.62. The summed E-state index contributed by atoms with van der Waals surface area (Å²) in [6.07, 6.45) is 2.55. The van der Waals surface area contributed by atoms with Crippen molar-refractivity contribution in [3.63, 3.8) is 0 Å². The minimum atomic E-state index is -3.14. The van der Waals surface area contributed by atoms with Gasteiger partial charge < -0.3 is 4.90 Å². The third-order valence-electron chi connectivity index (χ3n) is 2.69. The fourth-order valence-corrected chi connectivity index (χ4v) is 2.27. The normalized spacial score (nSPS) is 12.2. The van der Waals surface area contributed by atoms with Crippen molar-refractivity contribution in [1.29, 1.82) is 0 Å². The van der Waals surface area contributed by atoms with Gasteiger partial charge in [-0.25, -0.2) is 13.4 Å². The van der Waals surface area contributed by atoms with Crippen molar-refractivity contribution >= 4 is 27.3 Å². The van der Waals surface area contributed by atoms with Crippen LogP contribution in [0.2, 0.25) is 5.02 Å². The van der Waals surface area contributed by atoms with E-state index in [0.717, 1.165) is 6.26 Å². The standard InChI is InChI=1S/C13H19ClN2O3S/c1-13(2,3)16(7-8-20(4,18)19)12(17)11-6-5-10(14)9-15-11/h5-6,9H,7-8H2,1-4H3. The molecule has 0 saturated heterocycles. The topological polar surface area (TPSA) is 67.3 Å². The number of pyridine rings is 1. The predicted molar refractivity (Wildman–Crippen MR) is 79.7 cm³/mol. The molecule has 112 valence electrons. The summed E-state index contributed by atoms with van der Waals surface area (Å²) in [5.41, 5.74) is -0.249. The zero-order chi connectivity index (χ0) is 15.6. The Morgan fingerprint density at radius 3 is 2.35 bits per heavy atom. The van der Waals surface area contributed by atoms with Gasteiger partial charge in [0.2, 0.25) is 0 Å². The monoisotopic (exact) mass is 318 g/mol. The van der Waals surface area contributed by atoms with E-state index in [-0.39, 0.29) is 23.9 Å². The fraction of sp³-hybridized carbons (Fsp3) is 0.538. The number of rotatable bonds is 4. The van der Waals surface area contributed by atoms with E-state index in [0.29, 0.717) is 5.02 Å². The highest BCUT2D eigenvalue weighted by Gasteiger charge is 2.28. The summed E-state index contributed by atoms with van der Waals surface area (Å²) in [6, 6.07) is 3.11. The minimum absolute atomic E-state index is 0.0798. The van der Waals surface area contributed by atoms with Crippen LogP contribution in [-0.4, -0.2) is 48.3 Å². The molecule has 20 heavy (non-hydrogen) atoms. The van der Waals surface area contributed by atoms with Crippen LogP contribution in [0, 0.1) is 0 Å². The highest BCUT2D eigenvalue weighted by Crippen LogP contribution is 2.17. The number of carbonyl (C=O) groups excluding carboxylic acids is 1.